The van der Waals surface area contributed by atoms with Crippen molar-refractivity contribution in [1.29, 1.82) is 0 Å². The van der Waals surface area contributed by atoms with Gasteiger partial charge in [-0.3, -0.25) is 0 Å². The molecular weight excluding hydrogens is 378 g/mol. The molecular formula is C25H25NO2S. The second-order valence-electron chi connectivity index (χ2n) is 8.74. The van der Waals surface area contributed by atoms with Gasteiger partial charge in [-0.1, -0.05) is 38.1 Å². The standard InChI is InChI=1S/C25H25NO2S/c1-16-10-11-19-20(22(16)27)21-23(26(19)18-8-6-5-7-9-18)24(2,3)15-28-25(21,4)17-12-13-29-14-17/h5-14,27H,15H2,1-4H3. The second-order valence-corrected chi connectivity index (χ2v) is 9.52. The number of rotatable bonds is 2. The molecule has 4 aromatic rings. The Morgan fingerprint density at radius 3 is 2.48 bits per heavy atom. The molecule has 1 N–H and O–H groups in total. The molecule has 0 bridgehead atoms. The molecule has 5 rings (SSSR count). The number of fused-ring (bicyclic) bond motifs is 3. The number of benzene rings is 2. The normalized spacial score (nSPS) is 20.7. The van der Waals surface area contributed by atoms with Crippen molar-refractivity contribution in [3.63, 3.8) is 0 Å². The van der Waals surface area contributed by atoms with E-state index in [0.717, 1.165) is 33.3 Å². The summed E-state index contributed by atoms with van der Waals surface area (Å²) in [5.74, 6) is 0.344. The Morgan fingerprint density at radius 2 is 1.79 bits per heavy atom. The highest BCUT2D eigenvalue weighted by Crippen LogP contribution is 2.52. The molecule has 1 atom stereocenters. The van der Waals surface area contributed by atoms with Gasteiger partial charge in [0.05, 0.1) is 12.1 Å². The van der Waals surface area contributed by atoms with E-state index in [2.05, 4.69) is 72.5 Å². The van der Waals surface area contributed by atoms with Gasteiger partial charge in [0.15, 0.2) is 0 Å². The minimum Gasteiger partial charge on any atom is -0.507 e. The van der Waals surface area contributed by atoms with Crippen LogP contribution in [0.1, 0.15) is 43.2 Å². The number of aromatic hydroxyl groups is 1. The molecule has 0 fully saturated rings. The number of para-hydroxylation sites is 1. The van der Waals surface area contributed by atoms with Crippen molar-refractivity contribution in [1.82, 2.24) is 4.57 Å². The zero-order chi connectivity index (χ0) is 20.4. The third kappa shape index (κ3) is 2.52. The summed E-state index contributed by atoms with van der Waals surface area (Å²) >= 11 is 1.67. The first-order valence-corrected chi connectivity index (χ1v) is 10.9. The van der Waals surface area contributed by atoms with Gasteiger partial charge in [-0.2, -0.15) is 11.3 Å². The number of phenols is 1. The number of aryl methyl sites for hydroxylation is 1. The van der Waals surface area contributed by atoms with Crippen molar-refractivity contribution in [2.75, 3.05) is 6.61 Å². The molecule has 0 amide bonds. The quantitative estimate of drug-likeness (QED) is 0.427. The number of hydrogen-bond acceptors (Lipinski definition) is 3. The second kappa shape index (κ2) is 6.22. The van der Waals surface area contributed by atoms with Crippen LogP contribution < -0.4 is 0 Å². The van der Waals surface area contributed by atoms with Gasteiger partial charge in [-0.05, 0) is 60.0 Å². The molecule has 3 nitrogen and oxygen atoms in total. The predicted octanol–water partition coefficient (Wildman–Crippen LogP) is 6.28. The van der Waals surface area contributed by atoms with Crippen molar-refractivity contribution in [2.45, 2.75) is 38.7 Å². The zero-order valence-corrected chi connectivity index (χ0v) is 18.0. The van der Waals surface area contributed by atoms with Crippen LogP contribution in [0.3, 0.4) is 0 Å². The van der Waals surface area contributed by atoms with Gasteiger partial charge in [0.25, 0.3) is 0 Å². The van der Waals surface area contributed by atoms with Crippen molar-refractivity contribution < 1.29 is 9.84 Å². The molecule has 29 heavy (non-hydrogen) atoms. The lowest BCUT2D eigenvalue weighted by molar-refractivity contribution is -0.0434. The van der Waals surface area contributed by atoms with Gasteiger partial charge in [-0.15, -0.1) is 0 Å². The topological polar surface area (TPSA) is 34.4 Å². The highest BCUT2D eigenvalue weighted by molar-refractivity contribution is 7.08. The summed E-state index contributed by atoms with van der Waals surface area (Å²) < 4.78 is 8.90. The summed E-state index contributed by atoms with van der Waals surface area (Å²) in [5, 5.41) is 16.3. The van der Waals surface area contributed by atoms with Crippen LogP contribution in [0, 0.1) is 6.92 Å². The smallest absolute Gasteiger partial charge is 0.128 e. The average molecular weight is 404 g/mol. The maximum atomic E-state index is 11.2. The summed E-state index contributed by atoms with van der Waals surface area (Å²) in [7, 11) is 0. The first-order valence-electron chi connectivity index (χ1n) is 9.94. The molecule has 0 spiro atoms. The minimum atomic E-state index is -0.617. The number of phenolic OH excluding ortho intramolecular Hbond substituents is 1. The third-order valence-corrected chi connectivity index (χ3v) is 6.92. The lowest BCUT2D eigenvalue weighted by atomic mass is 9.76. The highest BCUT2D eigenvalue weighted by Gasteiger charge is 2.47. The van der Waals surface area contributed by atoms with Crippen LogP contribution in [0.2, 0.25) is 0 Å². The summed E-state index contributed by atoms with van der Waals surface area (Å²) in [4.78, 5) is 0. The lowest BCUT2D eigenvalue weighted by Crippen LogP contribution is -2.42. The van der Waals surface area contributed by atoms with Crippen LogP contribution in [0.25, 0.3) is 16.6 Å². The molecule has 148 valence electrons. The molecule has 1 aliphatic rings. The van der Waals surface area contributed by atoms with Crippen molar-refractivity contribution >= 4 is 22.2 Å². The van der Waals surface area contributed by atoms with Gasteiger partial charge in [0, 0.05) is 27.7 Å². The largest absolute Gasteiger partial charge is 0.507 e. The van der Waals surface area contributed by atoms with E-state index < -0.39 is 5.60 Å². The SMILES string of the molecule is Cc1ccc2c(c1O)c1c(n2-c2ccccc2)C(C)(C)COC1(C)c1ccsc1. The van der Waals surface area contributed by atoms with E-state index in [1.807, 2.05) is 19.1 Å². The molecule has 0 saturated heterocycles. The maximum Gasteiger partial charge on any atom is 0.128 e. The van der Waals surface area contributed by atoms with Crippen LogP contribution in [0.5, 0.6) is 5.75 Å². The Morgan fingerprint density at radius 1 is 1.03 bits per heavy atom. The van der Waals surface area contributed by atoms with Gasteiger partial charge in [0.2, 0.25) is 0 Å². The van der Waals surface area contributed by atoms with Gasteiger partial charge < -0.3 is 14.4 Å². The Bertz CT molecular complexity index is 1210. The fourth-order valence-corrected chi connectivity index (χ4v) is 5.40. The van der Waals surface area contributed by atoms with Crippen molar-refractivity contribution in [3.05, 3.63) is 81.7 Å². The first-order chi connectivity index (χ1) is 13.8. The Balaban J connectivity index is 2.00. The number of thiophene rings is 1. The number of ether oxygens (including phenoxy) is 1. The fourth-order valence-electron chi connectivity index (χ4n) is 4.65. The Labute approximate surface area is 175 Å². The van der Waals surface area contributed by atoms with E-state index in [4.69, 9.17) is 4.74 Å². The van der Waals surface area contributed by atoms with Crippen LogP contribution in [-0.2, 0) is 15.8 Å². The number of aromatic nitrogens is 1. The molecule has 4 heteroatoms. The molecule has 0 aliphatic carbocycles. The molecule has 2 aromatic heterocycles. The monoisotopic (exact) mass is 403 g/mol. The number of nitrogens with zero attached hydrogens (tertiary/aromatic N) is 1. The minimum absolute atomic E-state index is 0.208. The average Bonchev–Trinajstić information content (AvgIpc) is 3.36. The van der Waals surface area contributed by atoms with Gasteiger partial charge in [0.1, 0.15) is 11.4 Å². The summed E-state index contributed by atoms with van der Waals surface area (Å²) in [6, 6.07) is 16.7. The van der Waals surface area contributed by atoms with E-state index >= 15 is 0 Å². The molecule has 2 aromatic carbocycles. The molecule has 1 aliphatic heterocycles. The Hall–Kier alpha value is -2.56. The summed E-state index contributed by atoms with van der Waals surface area (Å²) in [6.07, 6.45) is 0. The van der Waals surface area contributed by atoms with Crippen molar-refractivity contribution in [2.24, 2.45) is 0 Å². The summed E-state index contributed by atoms with van der Waals surface area (Å²) in [5.41, 5.74) is 5.59. The number of hydrogen-bond donors (Lipinski definition) is 1. The third-order valence-electron chi connectivity index (χ3n) is 6.24. The highest BCUT2D eigenvalue weighted by atomic mass is 32.1. The van der Waals surface area contributed by atoms with Crippen molar-refractivity contribution in [3.8, 4) is 11.4 Å². The Kier molecular flexibility index (Phi) is 3.96. The van der Waals surface area contributed by atoms with E-state index in [0.29, 0.717) is 12.4 Å². The maximum absolute atomic E-state index is 11.2. The first kappa shape index (κ1) is 18.5. The molecule has 0 saturated carbocycles. The summed E-state index contributed by atoms with van der Waals surface area (Å²) in [6.45, 7) is 9.15. The molecule has 3 heterocycles. The van der Waals surface area contributed by atoms with E-state index in [-0.39, 0.29) is 5.41 Å². The molecule has 1 unspecified atom stereocenters. The predicted molar refractivity (Wildman–Crippen MR) is 119 cm³/mol. The fraction of sp³-hybridized carbons (Fsp3) is 0.280. The van der Waals surface area contributed by atoms with Crippen LogP contribution >= 0.6 is 11.3 Å². The van der Waals surface area contributed by atoms with E-state index in [9.17, 15) is 5.11 Å². The van der Waals surface area contributed by atoms with E-state index in [1.54, 1.807) is 11.3 Å². The van der Waals surface area contributed by atoms with E-state index in [1.165, 1.54) is 5.69 Å². The lowest BCUT2D eigenvalue weighted by Gasteiger charge is -2.42. The van der Waals surface area contributed by atoms with Gasteiger partial charge in [-0.25, -0.2) is 0 Å². The van der Waals surface area contributed by atoms with Crippen LogP contribution in [-0.4, -0.2) is 16.3 Å². The zero-order valence-electron chi connectivity index (χ0n) is 17.2. The molecule has 0 radical (unpaired) electrons. The van der Waals surface area contributed by atoms with Gasteiger partial charge >= 0.3 is 0 Å². The van der Waals surface area contributed by atoms with Crippen LogP contribution in [0.15, 0.2) is 59.3 Å². The van der Waals surface area contributed by atoms with Crippen LogP contribution in [0.4, 0.5) is 0 Å².